The molecule has 0 saturated heterocycles. The van der Waals surface area contributed by atoms with Gasteiger partial charge in [-0.1, -0.05) is 25.1 Å². The molecule has 23 heavy (non-hydrogen) atoms. The third-order valence-corrected chi connectivity index (χ3v) is 3.76. The quantitative estimate of drug-likeness (QED) is 0.814. The van der Waals surface area contributed by atoms with Crippen LogP contribution in [-0.4, -0.2) is 34.3 Å². The van der Waals surface area contributed by atoms with E-state index in [-0.39, 0.29) is 23.7 Å². The molecule has 0 fully saturated rings. The molecule has 1 aliphatic rings. The van der Waals surface area contributed by atoms with Gasteiger partial charge in [0, 0.05) is 34.4 Å². The van der Waals surface area contributed by atoms with Crippen molar-refractivity contribution >= 4 is 11.6 Å². The zero-order chi connectivity index (χ0) is 22.9. The highest BCUT2D eigenvalue weighted by Gasteiger charge is 2.24. The topological polar surface area (TPSA) is 37.6 Å². The average Bonchev–Trinajstić information content (AvgIpc) is 2.98. The lowest BCUT2D eigenvalue weighted by atomic mass is 9.86. The van der Waals surface area contributed by atoms with E-state index in [1.54, 1.807) is 36.8 Å². The van der Waals surface area contributed by atoms with E-state index in [0.29, 0.717) is 5.65 Å². The van der Waals surface area contributed by atoms with E-state index in [2.05, 4.69) is 4.98 Å². The number of nitrogens with zero attached hydrogens (tertiary/aromatic N) is 3. The molecule has 2 unspecified atom stereocenters. The van der Waals surface area contributed by atoms with Gasteiger partial charge in [0.25, 0.3) is 0 Å². The lowest BCUT2D eigenvalue weighted by Gasteiger charge is -2.20. The van der Waals surface area contributed by atoms with E-state index in [1.165, 1.54) is 4.90 Å². The van der Waals surface area contributed by atoms with E-state index in [1.807, 2.05) is 6.92 Å². The molecule has 0 saturated carbocycles. The molecule has 122 valence electrons. The second-order valence-electron chi connectivity index (χ2n) is 5.88. The van der Waals surface area contributed by atoms with Crippen molar-refractivity contribution in [3.63, 3.8) is 0 Å². The van der Waals surface area contributed by atoms with Gasteiger partial charge in [-0.3, -0.25) is 4.79 Å². The number of pyridine rings is 1. The number of carbonyl (C=O) groups excluding carboxylic acids is 1. The minimum absolute atomic E-state index is 0.127. The van der Waals surface area contributed by atoms with E-state index >= 15 is 0 Å². The van der Waals surface area contributed by atoms with Crippen LogP contribution in [0.3, 0.4) is 0 Å². The molecule has 0 spiro atoms. The Morgan fingerprint density at radius 1 is 1.52 bits per heavy atom. The van der Waals surface area contributed by atoms with Gasteiger partial charge < -0.3 is 9.30 Å². The summed E-state index contributed by atoms with van der Waals surface area (Å²) in [5.41, 5.74) is 1.39. The third kappa shape index (κ3) is 3.16. The summed E-state index contributed by atoms with van der Waals surface area (Å²) in [6.07, 6.45) is -3.25. The predicted molar refractivity (Wildman–Crippen MR) is 92.6 cm³/mol. The fourth-order valence-corrected chi connectivity index (χ4v) is 2.43. The molecule has 2 aromatic rings. The van der Waals surface area contributed by atoms with Crippen LogP contribution in [0.15, 0.2) is 30.5 Å². The van der Waals surface area contributed by atoms with E-state index in [4.69, 9.17) is 9.60 Å². The number of imidazole rings is 1. The number of carbonyl (C=O) groups is 1. The number of amides is 1. The summed E-state index contributed by atoms with van der Waals surface area (Å²) in [4.78, 5) is 18.3. The Hall–Kier alpha value is -2.10. The summed E-state index contributed by atoms with van der Waals surface area (Å²) in [6.45, 7) is 2.98. The predicted octanol–water partition coefficient (Wildman–Crippen LogP) is 3.34. The first-order valence-corrected chi connectivity index (χ1v) is 7.46. The Balaban J connectivity index is 2.37. The minimum Gasteiger partial charge on any atom is -0.348 e. The summed E-state index contributed by atoms with van der Waals surface area (Å²) in [7, 11) is 3.16. The maximum atomic E-state index is 12.5. The normalized spacial score (nSPS) is 36.5. The number of hydrogen-bond acceptors (Lipinski definition) is 2. The second kappa shape index (κ2) is 6.19. The van der Waals surface area contributed by atoms with Crippen LogP contribution in [0.4, 0.5) is 0 Å². The van der Waals surface area contributed by atoms with Crippen LogP contribution >= 0.6 is 0 Å². The fourth-order valence-electron chi connectivity index (χ4n) is 2.43. The number of likely N-dealkylation sites (N-methyl/N-ethyl adjacent to an activating group) is 1. The highest BCUT2D eigenvalue weighted by molar-refractivity contribution is 5.78. The Kier molecular flexibility index (Phi) is 2.49. The zero-order valence-corrected chi connectivity index (χ0v) is 13.8. The number of allylic oxidation sites excluding steroid dienone is 2. The zero-order valence-electron chi connectivity index (χ0n) is 20.8. The Morgan fingerprint density at radius 2 is 2.30 bits per heavy atom. The monoisotopic (exact) mass is 318 g/mol. The lowest BCUT2D eigenvalue weighted by molar-refractivity contribution is -0.128. The SMILES string of the molecule is [2H]C1=CC([2H])(c2nc3ccc(C)cn3c2CC(=O)N(C)C)C([2H])([2H])C([2H])([2H])C1([2H])C. The van der Waals surface area contributed by atoms with Crippen LogP contribution in [0.2, 0.25) is 0 Å². The number of rotatable bonds is 3. The Bertz CT molecular complexity index is 1060. The van der Waals surface area contributed by atoms with Crippen LogP contribution in [0.5, 0.6) is 0 Å². The summed E-state index contributed by atoms with van der Waals surface area (Å²) < 4.78 is 60.8. The second-order valence-corrected chi connectivity index (χ2v) is 5.88. The molecular formula is C19H25N3O. The van der Waals surface area contributed by atoms with Crippen molar-refractivity contribution in [3.8, 4) is 0 Å². The van der Waals surface area contributed by atoms with Crippen molar-refractivity contribution in [1.82, 2.24) is 14.3 Å². The van der Waals surface area contributed by atoms with Crippen molar-refractivity contribution in [1.29, 1.82) is 0 Å². The average molecular weight is 318 g/mol. The van der Waals surface area contributed by atoms with Crippen LogP contribution in [0.1, 0.15) is 52.1 Å². The van der Waals surface area contributed by atoms with E-state index in [9.17, 15) is 4.79 Å². The largest absolute Gasteiger partial charge is 0.348 e. The maximum absolute atomic E-state index is 12.5. The van der Waals surface area contributed by atoms with Crippen LogP contribution in [-0.2, 0) is 11.2 Å². The standard InChI is InChI=1S/C19H25N3O/c1-13-5-8-15(9-6-13)19-16(11-18(23)21(3)4)22-12-14(2)7-10-17(22)20-19/h5,7-8,10,12-13,15H,6,9,11H2,1-4H3/i5D,6D2,9D2,13D,15D. The smallest absolute Gasteiger partial charge is 0.228 e. The summed E-state index contributed by atoms with van der Waals surface area (Å²) in [6, 6.07) is 2.97. The highest BCUT2D eigenvalue weighted by atomic mass is 16.2. The van der Waals surface area contributed by atoms with Crippen molar-refractivity contribution < 1.29 is 14.4 Å². The summed E-state index contributed by atoms with van der Waals surface area (Å²) in [5.74, 6) is -4.88. The van der Waals surface area contributed by atoms with Crippen molar-refractivity contribution in [3.05, 3.63) is 47.4 Å². The first kappa shape index (κ1) is 9.26. The molecule has 2 heterocycles. The molecule has 0 radical (unpaired) electrons. The molecular weight excluding hydrogens is 286 g/mol. The molecule has 0 aromatic carbocycles. The van der Waals surface area contributed by atoms with Gasteiger partial charge in [-0.05, 0) is 37.2 Å². The molecule has 0 aliphatic heterocycles. The number of fused-ring (bicyclic) bond motifs is 1. The van der Waals surface area contributed by atoms with Gasteiger partial charge >= 0.3 is 0 Å². The molecule has 1 amide bonds. The number of aryl methyl sites for hydroxylation is 1. The van der Waals surface area contributed by atoms with Gasteiger partial charge in [0.2, 0.25) is 5.91 Å². The summed E-state index contributed by atoms with van der Waals surface area (Å²) >= 11 is 0. The lowest BCUT2D eigenvalue weighted by Crippen LogP contribution is -2.25. The van der Waals surface area contributed by atoms with E-state index < -0.39 is 30.6 Å². The fraction of sp³-hybridized carbons (Fsp3) is 0.474. The van der Waals surface area contributed by atoms with Gasteiger partial charge in [0.1, 0.15) is 5.65 Å². The van der Waals surface area contributed by atoms with Crippen LogP contribution in [0.25, 0.3) is 5.65 Å². The van der Waals surface area contributed by atoms with Gasteiger partial charge in [0.05, 0.1) is 19.2 Å². The van der Waals surface area contributed by atoms with Gasteiger partial charge in [-0.2, -0.15) is 0 Å². The van der Waals surface area contributed by atoms with Crippen LogP contribution in [0, 0.1) is 12.8 Å². The van der Waals surface area contributed by atoms with Crippen molar-refractivity contribution in [2.24, 2.45) is 5.89 Å². The molecule has 4 nitrogen and oxygen atoms in total. The Labute approximate surface area is 147 Å². The van der Waals surface area contributed by atoms with Crippen molar-refractivity contribution in [2.45, 2.75) is 38.9 Å². The first-order chi connectivity index (χ1) is 13.6. The van der Waals surface area contributed by atoms with Gasteiger partial charge in [-0.25, -0.2) is 4.98 Å². The Morgan fingerprint density at radius 3 is 3.04 bits per heavy atom. The van der Waals surface area contributed by atoms with Crippen molar-refractivity contribution in [2.75, 3.05) is 14.1 Å². The molecule has 3 rings (SSSR count). The van der Waals surface area contributed by atoms with Gasteiger partial charge in [-0.15, -0.1) is 0 Å². The summed E-state index contributed by atoms with van der Waals surface area (Å²) in [5, 5.41) is 0. The molecule has 0 bridgehead atoms. The molecule has 0 N–H and O–H groups in total. The molecule has 2 aromatic heterocycles. The molecule has 4 heteroatoms. The highest BCUT2D eigenvalue weighted by Crippen LogP contribution is 2.32. The van der Waals surface area contributed by atoms with Crippen LogP contribution < -0.4 is 0 Å². The number of aromatic nitrogens is 2. The number of hydrogen-bond donors (Lipinski definition) is 0. The molecule has 2 atom stereocenters. The molecule has 1 aliphatic carbocycles. The van der Waals surface area contributed by atoms with Gasteiger partial charge in [0.15, 0.2) is 0 Å². The van der Waals surface area contributed by atoms with E-state index in [0.717, 1.165) is 18.6 Å². The maximum Gasteiger partial charge on any atom is 0.228 e. The minimum atomic E-state index is -2.90. The third-order valence-electron chi connectivity index (χ3n) is 3.76. The first-order valence-electron chi connectivity index (χ1n) is 11.0.